The van der Waals surface area contributed by atoms with Crippen LogP contribution >= 0.6 is 0 Å². The van der Waals surface area contributed by atoms with Gasteiger partial charge in [0.2, 0.25) is 0 Å². The minimum atomic E-state index is 0.126. The fourth-order valence-corrected chi connectivity index (χ4v) is 2.52. The summed E-state index contributed by atoms with van der Waals surface area (Å²) in [5.41, 5.74) is 0.758. The third-order valence-electron chi connectivity index (χ3n) is 3.34. The standard InChI is InChI=1S/C13H20N2O2/c1-3-15-6-4-5-12(15)8-13-14-11(9-17-13)7-10(2)16/h9,12H,3-8H2,1-2H3. The Balaban J connectivity index is 1.94. The quantitative estimate of drug-likeness (QED) is 0.782. The molecule has 17 heavy (non-hydrogen) atoms. The van der Waals surface area contributed by atoms with E-state index in [0.29, 0.717) is 12.5 Å². The van der Waals surface area contributed by atoms with Gasteiger partial charge in [0.1, 0.15) is 12.0 Å². The summed E-state index contributed by atoms with van der Waals surface area (Å²) < 4.78 is 5.43. The molecule has 0 amide bonds. The molecule has 0 aliphatic carbocycles. The molecule has 0 spiro atoms. The van der Waals surface area contributed by atoms with Crippen LogP contribution < -0.4 is 0 Å². The predicted molar refractivity (Wildman–Crippen MR) is 64.9 cm³/mol. The van der Waals surface area contributed by atoms with Crippen LogP contribution in [-0.4, -0.2) is 34.8 Å². The van der Waals surface area contributed by atoms with Crippen LogP contribution in [0, 0.1) is 0 Å². The van der Waals surface area contributed by atoms with Gasteiger partial charge in [-0.05, 0) is 32.9 Å². The summed E-state index contributed by atoms with van der Waals surface area (Å²) in [6, 6.07) is 0.559. The summed E-state index contributed by atoms with van der Waals surface area (Å²) in [6.45, 7) is 6.03. The molecule has 1 aromatic heterocycles. The van der Waals surface area contributed by atoms with Crippen molar-refractivity contribution in [1.82, 2.24) is 9.88 Å². The highest BCUT2D eigenvalue weighted by Crippen LogP contribution is 2.20. The molecular formula is C13H20N2O2. The molecule has 4 nitrogen and oxygen atoms in total. The third kappa shape index (κ3) is 3.16. The molecule has 1 fully saturated rings. The number of nitrogens with zero attached hydrogens (tertiary/aromatic N) is 2. The Morgan fingerprint density at radius 1 is 1.65 bits per heavy atom. The van der Waals surface area contributed by atoms with E-state index in [4.69, 9.17) is 4.42 Å². The maximum Gasteiger partial charge on any atom is 0.195 e. The summed E-state index contributed by atoms with van der Waals surface area (Å²) in [7, 11) is 0. The topological polar surface area (TPSA) is 46.3 Å². The van der Waals surface area contributed by atoms with E-state index in [-0.39, 0.29) is 5.78 Å². The van der Waals surface area contributed by atoms with Gasteiger partial charge in [0.05, 0.1) is 12.1 Å². The zero-order valence-corrected chi connectivity index (χ0v) is 10.6. The third-order valence-corrected chi connectivity index (χ3v) is 3.34. The fourth-order valence-electron chi connectivity index (χ4n) is 2.52. The number of oxazole rings is 1. The molecule has 1 aliphatic rings. The van der Waals surface area contributed by atoms with Crippen molar-refractivity contribution in [1.29, 1.82) is 0 Å². The van der Waals surface area contributed by atoms with Crippen LogP contribution in [0.1, 0.15) is 38.3 Å². The van der Waals surface area contributed by atoms with Crippen molar-refractivity contribution in [2.45, 2.75) is 45.6 Å². The normalized spacial score (nSPS) is 20.9. The average molecular weight is 236 g/mol. The molecule has 1 aromatic rings. The van der Waals surface area contributed by atoms with E-state index in [9.17, 15) is 4.79 Å². The Labute approximate surface area is 102 Å². The molecule has 0 radical (unpaired) electrons. The number of hydrogen-bond donors (Lipinski definition) is 0. The molecular weight excluding hydrogens is 216 g/mol. The lowest BCUT2D eigenvalue weighted by molar-refractivity contribution is -0.116. The molecule has 2 heterocycles. The first-order chi connectivity index (χ1) is 8.19. The van der Waals surface area contributed by atoms with Gasteiger partial charge in [-0.25, -0.2) is 4.98 Å². The molecule has 0 N–H and O–H groups in total. The van der Waals surface area contributed by atoms with Gasteiger partial charge in [-0.1, -0.05) is 6.92 Å². The Morgan fingerprint density at radius 2 is 2.47 bits per heavy atom. The van der Waals surface area contributed by atoms with Crippen LogP contribution in [0.25, 0.3) is 0 Å². The molecule has 94 valence electrons. The van der Waals surface area contributed by atoms with E-state index >= 15 is 0 Å². The summed E-state index contributed by atoms with van der Waals surface area (Å²) in [5.74, 6) is 0.896. The monoisotopic (exact) mass is 236 g/mol. The van der Waals surface area contributed by atoms with Crippen molar-refractivity contribution in [2.75, 3.05) is 13.1 Å². The SMILES string of the molecule is CCN1CCCC1Cc1nc(CC(C)=O)co1. The number of likely N-dealkylation sites (N-methyl/N-ethyl adjacent to an activating group) is 1. The van der Waals surface area contributed by atoms with Gasteiger partial charge in [0.15, 0.2) is 5.89 Å². The first-order valence-corrected chi connectivity index (χ1v) is 6.35. The number of carbonyl (C=O) groups excluding carboxylic acids is 1. The molecule has 1 aliphatic heterocycles. The highest BCUT2D eigenvalue weighted by Gasteiger charge is 2.24. The number of likely N-dealkylation sites (tertiary alicyclic amines) is 1. The number of Topliss-reactive ketones (excluding diaryl/α,β-unsaturated/α-hetero) is 1. The first-order valence-electron chi connectivity index (χ1n) is 6.35. The van der Waals surface area contributed by atoms with Crippen LogP contribution in [0.4, 0.5) is 0 Å². The van der Waals surface area contributed by atoms with Gasteiger partial charge >= 0.3 is 0 Å². The van der Waals surface area contributed by atoms with Crippen molar-refractivity contribution in [3.05, 3.63) is 17.8 Å². The summed E-state index contributed by atoms with van der Waals surface area (Å²) in [5, 5.41) is 0. The van der Waals surface area contributed by atoms with Gasteiger partial charge in [0.25, 0.3) is 0 Å². The fraction of sp³-hybridized carbons (Fsp3) is 0.692. The molecule has 1 saturated heterocycles. The zero-order chi connectivity index (χ0) is 12.3. The number of aromatic nitrogens is 1. The Kier molecular flexibility index (Phi) is 3.94. The van der Waals surface area contributed by atoms with Crippen LogP contribution in [-0.2, 0) is 17.6 Å². The lowest BCUT2D eigenvalue weighted by Crippen LogP contribution is -2.30. The van der Waals surface area contributed by atoms with E-state index in [0.717, 1.165) is 24.6 Å². The smallest absolute Gasteiger partial charge is 0.195 e. The van der Waals surface area contributed by atoms with Crippen LogP contribution in [0.3, 0.4) is 0 Å². The van der Waals surface area contributed by atoms with E-state index in [1.807, 2.05) is 0 Å². The molecule has 2 rings (SSSR count). The van der Waals surface area contributed by atoms with Gasteiger partial charge in [-0.3, -0.25) is 4.79 Å². The van der Waals surface area contributed by atoms with Crippen LogP contribution in [0.5, 0.6) is 0 Å². The van der Waals surface area contributed by atoms with Crippen molar-refractivity contribution in [2.24, 2.45) is 0 Å². The lowest BCUT2D eigenvalue weighted by atomic mass is 10.1. The van der Waals surface area contributed by atoms with Crippen molar-refractivity contribution in [3.8, 4) is 0 Å². The van der Waals surface area contributed by atoms with Crippen molar-refractivity contribution in [3.63, 3.8) is 0 Å². The average Bonchev–Trinajstić information content (AvgIpc) is 2.87. The molecule has 1 atom stereocenters. The number of ketones is 1. The van der Waals surface area contributed by atoms with Crippen molar-refractivity contribution >= 4 is 5.78 Å². The highest BCUT2D eigenvalue weighted by atomic mass is 16.3. The minimum Gasteiger partial charge on any atom is -0.449 e. The second-order valence-electron chi connectivity index (χ2n) is 4.74. The minimum absolute atomic E-state index is 0.126. The summed E-state index contributed by atoms with van der Waals surface area (Å²) >= 11 is 0. The van der Waals surface area contributed by atoms with E-state index < -0.39 is 0 Å². The maximum absolute atomic E-state index is 11.0. The number of rotatable bonds is 5. The molecule has 0 bridgehead atoms. The Hall–Kier alpha value is -1.16. The molecule has 1 unspecified atom stereocenters. The van der Waals surface area contributed by atoms with Gasteiger partial charge in [-0.15, -0.1) is 0 Å². The number of hydrogen-bond acceptors (Lipinski definition) is 4. The van der Waals surface area contributed by atoms with Gasteiger partial charge in [0, 0.05) is 12.5 Å². The number of carbonyl (C=O) groups is 1. The van der Waals surface area contributed by atoms with Gasteiger partial charge < -0.3 is 9.32 Å². The van der Waals surface area contributed by atoms with Crippen molar-refractivity contribution < 1.29 is 9.21 Å². The van der Waals surface area contributed by atoms with Crippen LogP contribution in [0.15, 0.2) is 10.7 Å². The Bertz CT molecular complexity index is 387. The second-order valence-corrected chi connectivity index (χ2v) is 4.74. The predicted octanol–water partition coefficient (Wildman–Crippen LogP) is 1.83. The summed E-state index contributed by atoms with van der Waals surface area (Å²) in [4.78, 5) is 17.8. The molecule has 0 saturated carbocycles. The second kappa shape index (κ2) is 5.45. The largest absolute Gasteiger partial charge is 0.449 e. The lowest BCUT2D eigenvalue weighted by Gasteiger charge is -2.20. The maximum atomic E-state index is 11.0. The van der Waals surface area contributed by atoms with E-state index in [1.54, 1.807) is 13.2 Å². The first kappa shape index (κ1) is 12.3. The van der Waals surface area contributed by atoms with Gasteiger partial charge in [-0.2, -0.15) is 0 Å². The van der Waals surface area contributed by atoms with Crippen LogP contribution in [0.2, 0.25) is 0 Å². The Morgan fingerprint density at radius 3 is 3.18 bits per heavy atom. The molecule has 0 aromatic carbocycles. The molecule has 4 heteroatoms. The summed E-state index contributed by atoms with van der Waals surface area (Å²) in [6.07, 6.45) is 5.34. The van der Waals surface area contributed by atoms with E-state index in [1.165, 1.54) is 19.4 Å². The highest BCUT2D eigenvalue weighted by molar-refractivity contribution is 5.77. The zero-order valence-electron chi connectivity index (χ0n) is 10.6. The van der Waals surface area contributed by atoms with E-state index in [2.05, 4.69) is 16.8 Å².